The maximum absolute atomic E-state index is 12.3. The number of rotatable bonds is 6. The summed E-state index contributed by atoms with van der Waals surface area (Å²) in [5.41, 5.74) is 3.85. The fourth-order valence-electron chi connectivity index (χ4n) is 3.24. The molecule has 1 aliphatic heterocycles. The summed E-state index contributed by atoms with van der Waals surface area (Å²) in [6.45, 7) is 4.45. The number of ether oxygens (including phenoxy) is 1. The van der Waals surface area contributed by atoms with Crippen molar-refractivity contribution in [3.63, 3.8) is 0 Å². The summed E-state index contributed by atoms with van der Waals surface area (Å²) >= 11 is 7.44. The highest BCUT2D eigenvalue weighted by Gasteiger charge is 2.13. The molecule has 3 aromatic rings. The van der Waals surface area contributed by atoms with Crippen LogP contribution in [0.4, 0.5) is 5.69 Å². The van der Waals surface area contributed by atoms with E-state index >= 15 is 0 Å². The smallest absolute Gasteiger partial charge is 0.230 e. The number of benzene rings is 2. The molecular formula is C22H22ClN3O2S. The van der Waals surface area contributed by atoms with E-state index in [2.05, 4.69) is 39.5 Å². The summed E-state index contributed by atoms with van der Waals surface area (Å²) < 4.78 is 5.42. The molecule has 7 heteroatoms. The van der Waals surface area contributed by atoms with Gasteiger partial charge in [0.25, 0.3) is 0 Å². The normalized spacial score (nSPS) is 14.7. The molecule has 4 rings (SSSR count). The Hall–Kier alpha value is -2.25. The van der Waals surface area contributed by atoms with Crippen molar-refractivity contribution in [3.8, 4) is 10.6 Å². The molecule has 0 radical (unpaired) electrons. The molecule has 2 heterocycles. The number of morpholine rings is 1. The van der Waals surface area contributed by atoms with E-state index < -0.39 is 0 Å². The number of nitrogens with one attached hydrogen (secondary N) is 1. The second-order valence-corrected chi connectivity index (χ2v) is 8.26. The van der Waals surface area contributed by atoms with Gasteiger partial charge >= 0.3 is 0 Å². The van der Waals surface area contributed by atoms with Gasteiger partial charge in [-0.15, -0.1) is 11.3 Å². The number of aromatic nitrogens is 1. The standard InChI is InChI=1S/C22H22ClN3O2S/c23-18-4-6-19(7-5-18)24-21(27)13-20-15-29-22(25-20)17-3-1-2-16(12-17)14-26-8-10-28-11-9-26/h1-7,12,15H,8-11,13-14H2,(H,24,27). The number of hydrogen-bond acceptors (Lipinski definition) is 5. The molecule has 1 fully saturated rings. The first-order valence-electron chi connectivity index (χ1n) is 9.55. The van der Waals surface area contributed by atoms with Crippen LogP contribution >= 0.6 is 22.9 Å². The molecule has 1 aromatic heterocycles. The second-order valence-electron chi connectivity index (χ2n) is 6.96. The highest BCUT2D eigenvalue weighted by atomic mass is 35.5. The van der Waals surface area contributed by atoms with E-state index in [-0.39, 0.29) is 12.3 Å². The number of amides is 1. The van der Waals surface area contributed by atoms with Crippen molar-refractivity contribution >= 4 is 34.5 Å². The SMILES string of the molecule is O=C(Cc1csc(-c2cccc(CN3CCOCC3)c2)n1)Nc1ccc(Cl)cc1. The number of thiazole rings is 1. The van der Waals surface area contributed by atoms with Crippen LogP contribution in [0.5, 0.6) is 0 Å². The summed E-state index contributed by atoms with van der Waals surface area (Å²) in [5.74, 6) is -0.0924. The molecule has 29 heavy (non-hydrogen) atoms. The number of anilines is 1. The number of hydrogen-bond donors (Lipinski definition) is 1. The lowest BCUT2D eigenvalue weighted by Crippen LogP contribution is -2.35. The quantitative estimate of drug-likeness (QED) is 0.630. The zero-order valence-electron chi connectivity index (χ0n) is 15.9. The minimum atomic E-state index is -0.0924. The van der Waals surface area contributed by atoms with E-state index in [0.717, 1.165) is 54.8 Å². The molecule has 1 amide bonds. The number of halogens is 1. The van der Waals surface area contributed by atoms with Gasteiger partial charge in [0.2, 0.25) is 5.91 Å². The zero-order chi connectivity index (χ0) is 20.1. The summed E-state index contributed by atoms with van der Waals surface area (Å²) in [6.07, 6.45) is 0.243. The van der Waals surface area contributed by atoms with Crippen molar-refractivity contribution in [2.75, 3.05) is 31.6 Å². The predicted molar refractivity (Wildman–Crippen MR) is 117 cm³/mol. The third-order valence-corrected chi connectivity index (χ3v) is 5.90. The van der Waals surface area contributed by atoms with E-state index in [0.29, 0.717) is 5.02 Å². The summed E-state index contributed by atoms with van der Waals surface area (Å²) in [6, 6.07) is 15.5. The van der Waals surface area contributed by atoms with Crippen molar-refractivity contribution in [3.05, 3.63) is 70.2 Å². The molecule has 0 spiro atoms. The molecule has 0 unspecified atom stereocenters. The lowest BCUT2D eigenvalue weighted by molar-refractivity contribution is -0.115. The maximum atomic E-state index is 12.3. The van der Waals surface area contributed by atoms with Crippen molar-refractivity contribution in [1.82, 2.24) is 9.88 Å². The van der Waals surface area contributed by atoms with Crippen LogP contribution in [-0.2, 0) is 22.5 Å². The minimum absolute atomic E-state index is 0.0924. The molecule has 5 nitrogen and oxygen atoms in total. The molecule has 0 aliphatic carbocycles. The van der Waals surface area contributed by atoms with E-state index in [1.165, 1.54) is 5.56 Å². The second kappa shape index (κ2) is 9.50. The Labute approximate surface area is 179 Å². The molecule has 1 aliphatic rings. The van der Waals surface area contributed by atoms with Crippen molar-refractivity contribution in [1.29, 1.82) is 0 Å². The Balaban J connectivity index is 1.38. The maximum Gasteiger partial charge on any atom is 0.230 e. The van der Waals surface area contributed by atoms with Crippen LogP contribution in [0.3, 0.4) is 0 Å². The molecule has 0 atom stereocenters. The summed E-state index contributed by atoms with van der Waals surface area (Å²) in [7, 11) is 0. The van der Waals surface area contributed by atoms with Gasteiger partial charge in [-0.05, 0) is 35.9 Å². The summed E-state index contributed by atoms with van der Waals surface area (Å²) in [5, 5.41) is 6.40. The zero-order valence-corrected chi connectivity index (χ0v) is 17.5. The van der Waals surface area contributed by atoms with Gasteiger partial charge in [-0.1, -0.05) is 29.8 Å². The molecular weight excluding hydrogens is 406 g/mol. The molecule has 0 bridgehead atoms. The fourth-order valence-corrected chi connectivity index (χ4v) is 4.19. The fraction of sp³-hybridized carbons (Fsp3) is 0.273. The molecule has 0 saturated carbocycles. The Morgan fingerprint density at radius 3 is 2.76 bits per heavy atom. The van der Waals surface area contributed by atoms with Gasteiger partial charge in [0, 0.05) is 41.3 Å². The van der Waals surface area contributed by atoms with Gasteiger partial charge in [0.15, 0.2) is 0 Å². The largest absolute Gasteiger partial charge is 0.379 e. The van der Waals surface area contributed by atoms with Crippen LogP contribution in [-0.4, -0.2) is 42.1 Å². The van der Waals surface area contributed by atoms with Gasteiger partial charge < -0.3 is 10.1 Å². The Morgan fingerprint density at radius 1 is 1.17 bits per heavy atom. The van der Waals surface area contributed by atoms with Crippen LogP contribution < -0.4 is 5.32 Å². The first kappa shape index (κ1) is 20.0. The van der Waals surface area contributed by atoms with E-state index in [1.54, 1.807) is 35.6 Å². The van der Waals surface area contributed by atoms with Gasteiger partial charge in [-0.3, -0.25) is 9.69 Å². The predicted octanol–water partition coefficient (Wildman–Crippen LogP) is 4.48. The molecule has 150 valence electrons. The van der Waals surface area contributed by atoms with E-state index in [4.69, 9.17) is 16.3 Å². The van der Waals surface area contributed by atoms with Crippen LogP contribution in [0.25, 0.3) is 10.6 Å². The number of carbonyl (C=O) groups excluding carboxylic acids is 1. The van der Waals surface area contributed by atoms with Gasteiger partial charge in [-0.25, -0.2) is 4.98 Å². The van der Waals surface area contributed by atoms with Gasteiger partial charge in [-0.2, -0.15) is 0 Å². The molecule has 1 saturated heterocycles. The van der Waals surface area contributed by atoms with Crippen molar-refractivity contribution in [2.45, 2.75) is 13.0 Å². The lowest BCUT2D eigenvalue weighted by atomic mass is 10.1. The molecule has 2 aromatic carbocycles. The highest BCUT2D eigenvalue weighted by Crippen LogP contribution is 2.25. The summed E-state index contributed by atoms with van der Waals surface area (Å²) in [4.78, 5) is 19.4. The average molecular weight is 428 g/mol. The Morgan fingerprint density at radius 2 is 1.97 bits per heavy atom. The van der Waals surface area contributed by atoms with Crippen LogP contribution in [0, 0.1) is 0 Å². The number of nitrogens with zero attached hydrogens (tertiary/aromatic N) is 2. The first-order chi connectivity index (χ1) is 14.2. The third-order valence-electron chi connectivity index (χ3n) is 4.71. The third kappa shape index (κ3) is 5.64. The van der Waals surface area contributed by atoms with Crippen LogP contribution in [0.2, 0.25) is 5.02 Å². The van der Waals surface area contributed by atoms with E-state index in [9.17, 15) is 4.79 Å². The van der Waals surface area contributed by atoms with E-state index in [1.807, 2.05) is 5.38 Å². The Bertz CT molecular complexity index is 968. The van der Waals surface area contributed by atoms with Gasteiger partial charge in [0.1, 0.15) is 5.01 Å². The van der Waals surface area contributed by atoms with Crippen LogP contribution in [0.15, 0.2) is 53.9 Å². The lowest BCUT2D eigenvalue weighted by Gasteiger charge is -2.26. The highest BCUT2D eigenvalue weighted by molar-refractivity contribution is 7.13. The minimum Gasteiger partial charge on any atom is -0.379 e. The monoisotopic (exact) mass is 427 g/mol. The number of carbonyl (C=O) groups is 1. The molecule has 1 N–H and O–H groups in total. The topological polar surface area (TPSA) is 54.5 Å². The van der Waals surface area contributed by atoms with Crippen molar-refractivity contribution in [2.24, 2.45) is 0 Å². The first-order valence-corrected chi connectivity index (χ1v) is 10.8. The van der Waals surface area contributed by atoms with Crippen LogP contribution in [0.1, 0.15) is 11.3 Å². The average Bonchev–Trinajstić information content (AvgIpc) is 3.19. The van der Waals surface area contributed by atoms with Crippen molar-refractivity contribution < 1.29 is 9.53 Å². The Kier molecular flexibility index (Phi) is 6.56. The van der Waals surface area contributed by atoms with Gasteiger partial charge in [0.05, 0.1) is 25.3 Å².